The number of ether oxygens (including phenoxy) is 1. The molecule has 0 unspecified atom stereocenters. The number of benzene rings is 1. The zero-order chi connectivity index (χ0) is 12.4. The van der Waals surface area contributed by atoms with Gasteiger partial charge in [0.15, 0.2) is 5.01 Å². The second-order valence-corrected chi connectivity index (χ2v) is 5.52. The van der Waals surface area contributed by atoms with Crippen molar-refractivity contribution in [2.45, 2.75) is 32.3 Å². The summed E-state index contributed by atoms with van der Waals surface area (Å²) >= 11 is 1.37. The SMILES string of the molecule is Nc1nnc(COc2cccc3c2CCCC3)s1. The third kappa shape index (κ3) is 2.31. The van der Waals surface area contributed by atoms with E-state index >= 15 is 0 Å². The van der Waals surface area contributed by atoms with Crippen LogP contribution >= 0.6 is 11.3 Å². The van der Waals surface area contributed by atoms with Crippen molar-refractivity contribution >= 4 is 16.5 Å². The number of fused-ring (bicyclic) bond motifs is 1. The predicted octanol–water partition coefficient (Wildman–Crippen LogP) is 2.58. The smallest absolute Gasteiger partial charge is 0.203 e. The number of rotatable bonds is 3. The van der Waals surface area contributed by atoms with Crippen LogP contribution in [0.1, 0.15) is 29.0 Å². The van der Waals surface area contributed by atoms with E-state index in [1.807, 2.05) is 6.07 Å². The first-order chi connectivity index (χ1) is 8.83. The number of aromatic nitrogens is 2. The van der Waals surface area contributed by atoms with Gasteiger partial charge in [-0.1, -0.05) is 23.5 Å². The van der Waals surface area contributed by atoms with Crippen molar-refractivity contribution in [3.8, 4) is 5.75 Å². The van der Waals surface area contributed by atoms with Gasteiger partial charge < -0.3 is 10.5 Å². The lowest BCUT2D eigenvalue weighted by atomic mass is 9.91. The molecule has 0 atom stereocenters. The molecule has 4 nitrogen and oxygen atoms in total. The molecule has 1 aromatic heterocycles. The topological polar surface area (TPSA) is 61.0 Å². The van der Waals surface area contributed by atoms with Gasteiger partial charge in [-0.25, -0.2) is 0 Å². The Balaban J connectivity index is 1.76. The van der Waals surface area contributed by atoms with Gasteiger partial charge in [0.1, 0.15) is 12.4 Å². The molecule has 0 fully saturated rings. The number of hydrogen-bond donors (Lipinski definition) is 1. The number of nitrogen functional groups attached to an aromatic ring is 1. The molecule has 2 aromatic rings. The summed E-state index contributed by atoms with van der Waals surface area (Å²) < 4.78 is 5.86. The van der Waals surface area contributed by atoms with Gasteiger partial charge in [-0.2, -0.15) is 0 Å². The standard InChI is InChI=1S/C13H15N3OS/c14-13-16-15-12(18-13)8-17-11-7-3-5-9-4-1-2-6-10(9)11/h3,5,7H,1-2,4,6,8H2,(H2,14,16). The van der Waals surface area contributed by atoms with Gasteiger partial charge in [0.05, 0.1) is 0 Å². The molecule has 1 heterocycles. The number of hydrogen-bond acceptors (Lipinski definition) is 5. The number of anilines is 1. The van der Waals surface area contributed by atoms with Crippen molar-refractivity contribution in [3.63, 3.8) is 0 Å². The fourth-order valence-corrected chi connectivity index (χ4v) is 2.87. The van der Waals surface area contributed by atoms with Crippen molar-refractivity contribution in [1.82, 2.24) is 10.2 Å². The minimum absolute atomic E-state index is 0.450. The van der Waals surface area contributed by atoms with Gasteiger partial charge in [0, 0.05) is 0 Å². The zero-order valence-corrected chi connectivity index (χ0v) is 10.9. The molecule has 1 aliphatic rings. The van der Waals surface area contributed by atoms with Crippen molar-refractivity contribution in [3.05, 3.63) is 34.3 Å². The second kappa shape index (κ2) is 4.94. The van der Waals surface area contributed by atoms with E-state index in [0.29, 0.717) is 11.7 Å². The highest BCUT2D eigenvalue weighted by Gasteiger charge is 2.14. The molecular formula is C13H15N3OS. The van der Waals surface area contributed by atoms with Crippen LogP contribution in [0.25, 0.3) is 0 Å². The Hall–Kier alpha value is -1.62. The average Bonchev–Trinajstić information content (AvgIpc) is 2.82. The lowest BCUT2D eigenvalue weighted by molar-refractivity contribution is 0.300. The fourth-order valence-electron chi connectivity index (χ4n) is 2.35. The number of nitrogens with two attached hydrogens (primary N) is 1. The van der Waals surface area contributed by atoms with Gasteiger partial charge in [-0.05, 0) is 42.9 Å². The van der Waals surface area contributed by atoms with Crippen LogP contribution in [0, 0.1) is 0 Å². The monoisotopic (exact) mass is 261 g/mol. The summed E-state index contributed by atoms with van der Waals surface area (Å²) in [6.07, 6.45) is 4.81. The Labute approximate surface area is 110 Å². The van der Waals surface area contributed by atoms with E-state index in [4.69, 9.17) is 10.5 Å². The summed E-state index contributed by atoms with van der Waals surface area (Å²) in [6, 6.07) is 6.30. The minimum atomic E-state index is 0.450. The molecule has 3 rings (SSSR count). The van der Waals surface area contributed by atoms with Crippen molar-refractivity contribution in [2.75, 3.05) is 5.73 Å². The molecule has 0 bridgehead atoms. The molecule has 1 aliphatic carbocycles. The highest BCUT2D eigenvalue weighted by molar-refractivity contribution is 7.15. The molecule has 0 radical (unpaired) electrons. The van der Waals surface area contributed by atoms with Crippen LogP contribution in [-0.2, 0) is 19.4 Å². The molecule has 0 saturated heterocycles. The summed E-state index contributed by atoms with van der Waals surface area (Å²) in [5.74, 6) is 0.987. The Bertz CT molecular complexity index is 553. The highest BCUT2D eigenvalue weighted by atomic mass is 32.1. The quantitative estimate of drug-likeness (QED) is 0.922. The summed E-state index contributed by atoms with van der Waals surface area (Å²) in [5.41, 5.74) is 8.34. The molecule has 1 aromatic carbocycles. The van der Waals surface area contributed by atoms with Crippen molar-refractivity contribution in [2.24, 2.45) is 0 Å². The van der Waals surface area contributed by atoms with Crippen molar-refractivity contribution < 1.29 is 4.74 Å². The van der Waals surface area contributed by atoms with E-state index in [9.17, 15) is 0 Å². The average molecular weight is 261 g/mol. The second-order valence-electron chi connectivity index (χ2n) is 4.42. The Morgan fingerprint density at radius 1 is 1.22 bits per heavy atom. The number of nitrogens with zero attached hydrogens (tertiary/aromatic N) is 2. The molecule has 2 N–H and O–H groups in total. The van der Waals surface area contributed by atoms with E-state index in [1.165, 1.54) is 35.3 Å². The Kier molecular flexibility index (Phi) is 3.15. The molecule has 18 heavy (non-hydrogen) atoms. The summed E-state index contributed by atoms with van der Waals surface area (Å²) in [5, 5.41) is 9.05. The van der Waals surface area contributed by atoms with Crippen LogP contribution in [0.4, 0.5) is 5.13 Å². The first-order valence-corrected chi connectivity index (χ1v) is 6.96. The Morgan fingerprint density at radius 3 is 2.94 bits per heavy atom. The summed E-state index contributed by atoms with van der Waals surface area (Å²) in [4.78, 5) is 0. The van der Waals surface area contributed by atoms with Crippen LogP contribution < -0.4 is 10.5 Å². The van der Waals surface area contributed by atoms with E-state index in [-0.39, 0.29) is 0 Å². The van der Waals surface area contributed by atoms with Gasteiger partial charge in [0.25, 0.3) is 0 Å². The minimum Gasteiger partial charge on any atom is -0.486 e. The van der Waals surface area contributed by atoms with Crippen LogP contribution in [0.15, 0.2) is 18.2 Å². The fraction of sp³-hybridized carbons (Fsp3) is 0.385. The lowest BCUT2D eigenvalue weighted by Gasteiger charge is -2.18. The van der Waals surface area contributed by atoms with Gasteiger partial charge in [0.2, 0.25) is 5.13 Å². The van der Waals surface area contributed by atoms with Gasteiger partial charge in [-0.3, -0.25) is 0 Å². The largest absolute Gasteiger partial charge is 0.486 e. The van der Waals surface area contributed by atoms with Crippen molar-refractivity contribution in [1.29, 1.82) is 0 Å². The van der Waals surface area contributed by atoms with Crippen LogP contribution in [-0.4, -0.2) is 10.2 Å². The van der Waals surface area contributed by atoms with Gasteiger partial charge in [-0.15, -0.1) is 10.2 Å². The first-order valence-electron chi connectivity index (χ1n) is 6.14. The zero-order valence-electron chi connectivity index (χ0n) is 10.1. The van der Waals surface area contributed by atoms with Crippen LogP contribution in [0.5, 0.6) is 5.75 Å². The molecule has 0 saturated carbocycles. The van der Waals surface area contributed by atoms with Crippen LogP contribution in [0.2, 0.25) is 0 Å². The van der Waals surface area contributed by atoms with E-state index < -0.39 is 0 Å². The third-order valence-electron chi connectivity index (χ3n) is 3.19. The molecule has 0 amide bonds. The number of aryl methyl sites for hydroxylation is 1. The van der Waals surface area contributed by atoms with Gasteiger partial charge >= 0.3 is 0 Å². The van der Waals surface area contributed by atoms with E-state index in [2.05, 4.69) is 22.3 Å². The molecular weight excluding hydrogens is 246 g/mol. The maximum absolute atomic E-state index is 5.86. The maximum Gasteiger partial charge on any atom is 0.203 e. The molecule has 94 valence electrons. The highest BCUT2D eigenvalue weighted by Crippen LogP contribution is 2.30. The molecule has 5 heteroatoms. The first kappa shape index (κ1) is 11.5. The summed E-state index contributed by atoms with van der Waals surface area (Å²) in [7, 11) is 0. The Morgan fingerprint density at radius 2 is 2.11 bits per heavy atom. The predicted molar refractivity (Wildman–Crippen MR) is 71.7 cm³/mol. The molecule has 0 spiro atoms. The molecule has 0 aliphatic heterocycles. The maximum atomic E-state index is 5.86. The third-order valence-corrected chi connectivity index (χ3v) is 3.91. The lowest BCUT2D eigenvalue weighted by Crippen LogP contribution is -2.06. The van der Waals surface area contributed by atoms with E-state index in [0.717, 1.165) is 23.6 Å². The van der Waals surface area contributed by atoms with Crippen LogP contribution in [0.3, 0.4) is 0 Å². The normalized spacial score (nSPS) is 14.2. The summed E-state index contributed by atoms with van der Waals surface area (Å²) in [6.45, 7) is 0.450. The van der Waals surface area contributed by atoms with E-state index in [1.54, 1.807) is 0 Å².